The third-order valence-electron chi connectivity index (χ3n) is 3.36. The van der Waals surface area contributed by atoms with Crippen LogP contribution in [-0.4, -0.2) is 52.1 Å². The summed E-state index contributed by atoms with van der Waals surface area (Å²) in [6.45, 7) is 2.59. The lowest BCUT2D eigenvalue weighted by Gasteiger charge is -2.35. The number of nitrogens with one attached hydrogen (secondary N) is 1. The Morgan fingerprint density at radius 3 is 3.05 bits per heavy atom. The first kappa shape index (κ1) is 16.2. The third-order valence-corrected chi connectivity index (χ3v) is 5.35. The first-order chi connectivity index (χ1) is 10.1. The van der Waals surface area contributed by atoms with E-state index in [1.807, 2.05) is 18.4 Å². The quantitative estimate of drug-likeness (QED) is 0.870. The molecule has 2 atom stereocenters. The zero-order chi connectivity index (χ0) is 15.2. The van der Waals surface area contributed by atoms with Gasteiger partial charge in [-0.25, -0.2) is 4.79 Å². The maximum Gasteiger partial charge on any atom is 0.317 e. The Balaban J connectivity index is 1.89. The highest BCUT2D eigenvalue weighted by molar-refractivity contribution is 7.99. The number of nitrogens with zero attached hydrogens (tertiary/aromatic N) is 1. The summed E-state index contributed by atoms with van der Waals surface area (Å²) in [5.41, 5.74) is 0. The predicted octanol–water partition coefficient (Wildman–Crippen LogP) is 2.28. The topological polar surface area (TPSA) is 69.6 Å². The molecular weight excluding hydrogens is 308 g/mol. The SMILES string of the molecule is CC(Cc1cccs1)NC(=O)N1CCSCC1CC(=O)O. The molecule has 1 saturated heterocycles. The molecule has 2 N–H and O–H groups in total. The predicted molar refractivity (Wildman–Crippen MR) is 86.1 cm³/mol. The maximum absolute atomic E-state index is 12.3. The van der Waals surface area contributed by atoms with E-state index in [0.717, 1.165) is 12.2 Å². The highest BCUT2D eigenvalue weighted by Crippen LogP contribution is 2.19. The van der Waals surface area contributed by atoms with Gasteiger partial charge in [0.05, 0.1) is 12.5 Å². The molecule has 0 spiro atoms. The molecule has 0 aliphatic carbocycles. The number of hydrogen-bond acceptors (Lipinski definition) is 4. The molecule has 0 aromatic carbocycles. The molecule has 1 aromatic heterocycles. The fraction of sp³-hybridized carbons (Fsp3) is 0.571. The van der Waals surface area contributed by atoms with Crippen molar-refractivity contribution in [3.63, 3.8) is 0 Å². The zero-order valence-corrected chi connectivity index (χ0v) is 13.6. The van der Waals surface area contributed by atoms with Crippen LogP contribution in [0.25, 0.3) is 0 Å². The second kappa shape index (κ2) is 7.70. The molecule has 7 heteroatoms. The minimum Gasteiger partial charge on any atom is -0.481 e. The van der Waals surface area contributed by atoms with E-state index in [1.165, 1.54) is 4.88 Å². The molecular formula is C14H20N2O3S2. The van der Waals surface area contributed by atoms with Crippen LogP contribution < -0.4 is 5.32 Å². The first-order valence-electron chi connectivity index (χ1n) is 6.95. The number of rotatable bonds is 5. The van der Waals surface area contributed by atoms with E-state index < -0.39 is 5.97 Å². The van der Waals surface area contributed by atoms with Gasteiger partial charge >= 0.3 is 12.0 Å². The average Bonchev–Trinajstić information content (AvgIpc) is 2.91. The first-order valence-corrected chi connectivity index (χ1v) is 8.98. The highest BCUT2D eigenvalue weighted by atomic mass is 32.2. The molecule has 2 rings (SSSR count). The summed E-state index contributed by atoms with van der Waals surface area (Å²) in [6, 6.07) is 3.73. The number of amides is 2. The molecule has 2 amide bonds. The number of aliphatic carboxylic acids is 1. The molecule has 1 aliphatic heterocycles. The fourth-order valence-electron chi connectivity index (χ4n) is 2.37. The van der Waals surface area contributed by atoms with E-state index in [0.29, 0.717) is 12.3 Å². The number of hydrogen-bond donors (Lipinski definition) is 2. The summed E-state index contributed by atoms with van der Waals surface area (Å²) in [4.78, 5) is 26.2. The van der Waals surface area contributed by atoms with Gasteiger partial charge in [0.1, 0.15) is 0 Å². The van der Waals surface area contributed by atoms with Crippen molar-refractivity contribution in [2.75, 3.05) is 18.1 Å². The summed E-state index contributed by atoms with van der Waals surface area (Å²) in [7, 11) is 0. The van der Waals surface area contributed by atoms with Gasteiger partial charge in [0, 0.05) is 35.4 Å². The van der Waals surface area contributed by atoms with Gasteiger partial charge in [-0.3, -0.25) is 4.79 Å². The van der Waals surface area contributed by atoms with Crippen molar-refractivity contribution in [1.82, 2.24) is 10.2 Å². The van der Waals surface area contributed by atoms with E-state index in [9.17, 15) is 9.59 Å². The van der Waals surface area contributed by atoms with Crippen molar-refractivity contribution in [3.8, 4) is 0 Å². The lowest BCUT2D eigenvalue weighted by Crippen LogP contribution is -2.53. The Morgan fingerprint density at radius 1 is 1.57 bits per heavy atom. The van der Waals surface area contributed by atoms with E-state index in [2.05, 4.69) is 11.4 Å². The van der Waals surface area contributed by atoms with E-state index in [-0.39, 0.29) is 24.5 Å². The number of thiophene rings is 1. The molecule has 0 saturated carbocycles. The number of urea groups is 1. The monoisotopic (exact) mass is 328 g/mol. The van der Waals surface area contributed by atoms with Crippen LogP contribution in [0, 0.1) is 0 Å². The lowest BCUT2D eigenvalue weighted by atomic mass is 10.2. The van der Waals surface area contributed by atoms with Crippen molar-refractivity contribution < 1.29 is 14.7 Å². The summed E-state index contributed by atoms with van der Waals surface area (Å²) in [5.74, 6) is 0.703. The summed E-state index contributed by atoms with van der Waals surface area (Å²) in [6.07, 6.45) is 0.815. The smallest absolute Gasteiger partial charge is 0.317 e. The van der Waals surface area contributed by atoms with Gasteiger partial charge in [-0.05, 0) is 18.4 Å². The Kier molecular flexibility index (Phi) is 5.93. The lowest BCUT2D eigenvalue weighted by molar-refractivity contribution is -0.137. The number of carboxylic acids is 1. The Morgan fingerprint density at radius 2 is 2.38 bits per heavy atom. The van der Waals surface area contributed by atoms with Crippen molar-refractivity contribution >= 4 is 35.1 Å². The van der Waals surface area contributed by atoms with Crippen molar-refractivity contribution in [2.24, 2.45) is 0 Å². The van der Waals surface area contributed by atoms with Gasteiger partial charge in [0.15, 0.2) is 0 Å². The second-order valence-corrected chi connectivity index (χ2v) is 7.34. The zero-order valence-electron chi connectivity index (χ0n) is 11.9. The van der Waals surface area contributed by atoms with Crippen LogP contribution in [0.5, 0.6) is 0 Å². The van der Waals surface area contributed by atoms with Crippen LogP contribution >= 0.6 is 23.1 Å². The van der Waals surface area contributed by atoms with E-state index in [1.54, 1.807) is 28.0 Å². The van der Waals surface area contributed by atoms with E-state index in [4.69, 9.17) is 5.11 Å². The summed E-state index contributed by atoms with van der Waals surface area (Å²) < 4.78 is 0. The molecule has 1 aliphatic rings. The fourth-order valence-corrected chi connectivity index (χ4v) is 4.27. The summed E-state index contributed by atoms with van der Waals surface area (Å²) >= 11 is 3.38. The molecule has 2 unspecified atom stereocenters. The Labute approximate surface area is 132 Å². The van der Waals surface area contributed by atoms with Crippen LogP contribution in [0.1, 0.15) is 18.2 Å². The minimum atomic E-state index is -0.855. The molecule has 0 bridgehead atoms. The van der Waals surface area contributed by atoms with E-state index >= 15 is 0 Å². The Bertz CT molecular complexity index is 479. The third kappa shape index (κ3) is 4.93. The minimum absolute atomic E-state index is 0.0136. The van der Waals surface area contributed by atoms with Crippen LogP contribution in [0.15, 0.2) is 17.5 Å². The van der Waals surface area contributed by atoms with Gasteiger partial charge in [-0.15, -0.1) is 11.3 Å². The van der Waals surface area contributed by atoms with Crippen LogP contribution in [-0.2, 0) is 11.2 Å². The molecule has 1 fully saturated rings. The molecule has 1 aromatic rings. The summed E-state index contributed by atoms with van der Waals surface area (Å²) in [5, 5.41) is 14.0. The number of thioether (sulfide) groups is 1. The van der Waals surface area contributed by atoms with Crippen LogP contribution in [0.2, 0.25) is 0 Å². The molecule has 5 nitrogen and oxygen atoms in total. The van der Waals surface area contributed by atoms with Gasteiger partial charge in [-0.2, -0.15) is 11.8 Å². The molecule has 21 heavy (non-hydrogen) atoms. The van der Waals surface area contributed by atoms with Gasteiger partial charge in [-0.1, -0.05) is 6.07 Å². The maximum atomic E-state index is 12.3. The average molecular weight is 328 g/mol. The molecule has 0 radical (unpaired) electrons. The number of carboxylic acid groups (broad SMARTS) is 1. The largest absolute Gasteiger partial charge is 0.481 e. The van der Waals surface area contributed by atoms with Crippen molar-refractivity contribution in [3.05, 3.63) is 22.4 Å². The molecule has 116 valence electrons. The van der Waals surface area contributed by atoms with Crippen molar-refractivity contribution in [2.45, 2.75) is 31.8 Å². The van der Waals surface area contributed by atoms with Gasteiger partial charge < -0.3 is 15.3 Å². The van der Waals surface area contributed by atoms with Gasteiger partial charge in [0.2, 0.25) is 0 Å². The van der Waals surface area contributed by atoms with Crippen LogP contribution in [0.3, 0.4) is 0 Å². The van der Waals surface area contributed by atoms with Crippen LogP contribution in [0.4, 0.5) is 4.79 Å². The standard InChI is InChI=1S/C14H20N2O3S2/c1-10(7-12-3-2-5-21-12)15-14(19)16-4-6-20-9-11(16)8-13(17)18/h2-3,5,10-11H,4,6-9H2,1H3,(H,15,19)(H,17,18). The van der Waals surface area contributed by atoms with Gasteiger partial charge in [0.25, 0.3) is 0 Å². The Hall–Kier alpha value is -1.21. The molecule has 2 heterocycles. The highest BCUT2D eigenvalue weighted by Gasteiger charge is 2.29. The number of carbonyl (C=O) groups is 2. The van der Waals surface area contributed by atoms with Crippen molar-refractivity contribution in [1.29, 1.82) is 0 Å². The number of carbonyl (C=O) groups excluding carboxylic acids is 1. The normalized spacial score (nSPS) is 20.0. The second-order valence-electron chi connectivity index (χ2n) is 5.15.